The number of hydrogen-bond donors (Lipinski definition) is 1. The van der Waals surface area contributed by atoms with E-state index in [4.69, 9.17) is 15.2 Å². The zero-order valence-electron chi connectivity index (χ0n) is 21.7. The van der Waals surface area contributed by atoms with E-state index in [-0.39, 0.29) is 28.5 Å². The molecule has 1 saturated carbocycles. The molecule has 4 aliphatic rings. The van der Waals surface area contributed by atoms with Crippen LogP contribution in [0, 0.1) is 10.1 Å². The summed E-state index contributed by atoms with van der Waals surface area (Å²) in [7, 11) is 0. The van der Waals surface area contributed by atoms with Crippen LogP contribution in [0.25, 0.3) is 5.70 Å². The third kappa shape index (κ3) is 5.33. The van der Waals surface area contributed by atoms with Gasteiger partial charge in [0.15, 0.2) is 0 Å². The van der Waals surface area contributed by atoms with Crippen LogP contribution < -0.4 is 16.9 Å². The highest BCUT2D eigenvalue weighted by Gasteiger charge is 2.39. The molecule has 10 nitrogen and oxygen atoms in total. The molecular formula is C28H36N4O6. The first-order valence-electron chi connectivity index (χ1n) is 13.6. The van der Waals surface area contributed by atoms with Gasteiger partial charge in [-0.15, -0.1) is 0 Å². The minimum atomic E-state index is -0.635. The average molecular weight is 525 g/mol. The minimum Gasteiger partial charge on any atom is -0.394 e. The van der Waals surface area contributed by atoms with Crippen LogP contribution in [0.15, 0.2) is 52.3 Å². The summed E-state index contributed by atoms with van der Waals surface area (Å²) in [4.78, 5) is 34.2. The average Bonchev–Trinajstić information content (AvgIpc) is 3.57. The molecule has 2 saturated heterocycles. The van der Waals surface area contributed by atoms with Crippen LogP contribution in [0.4, 0.5) is 11.4 Å². The number of pyridine rings is 2. The maximum atomic E-state index is 12.1. The monoisotopic (exact) mass is 524 g/mol. The molecule has 2 aliphatic heterocycles. The number of ether oxygens (including phenoxy) is 2. The van der Waals surface area contributed by atoms with Gasteiger partial charge >= 0.3 is 11.2 Å². The second-order valence-electron chi connectivity index (χ2n) is 10.9. The Hall–Kier alpha value is -3.24. The number of nitrogen functional groups attached to an aromatic ring is 1. The van der Waals surface area contributed by atoms with E-state index in [9.17, 15) is 19.7 Å². The van der Waals surface area contributed by atoms with E-state index in [0.717, 1.165) is 70.3 Å². The Morgan fingerprint density at radius 2 is 1.61 bits per heavy atom. The Bertz CT molecular complexity index is 1310. The number of anilines is 1. The number of nitro groups is 1. The van der Waals surface area contributed by atoms with Gasteiger partial charge in [-0.3, -0.25) is 24.3 Å². The molecule has 204 valence electrons. The highest BCUT2D eigenvalue weighted by atomic mass is 16.6. The molecule has 4 heterocycles. The first kappa shape index (κ1) is 26.4. The fourth-order valence-corrected chi connectivity index (χ4v) is 6.42. The number of nitrogens with zero attached hydrogens (tertiary/aromatic N) is 3. The number of hydrogen-bond acceptors (Lipinski definition) is 7. The molecule has 2 N–H and O–H groups in total. The van der Waals surface area contributed by atoms with Gasteiger partial charge in [-0.05, 0) is 88.8 Å². The van der Waals surface area contributed by atoms with Crippen LogP contribution in [0.3, 0.4) is 0 Å². The lowest BCUT2D eigenvalue weighted by Gasteiger charge is -2.37. The fourth-order valence-electron chi connectivity index (χ4n) is 6.42. The molecule has 6 rings (SSSR count). The lowest BCUT2D eigenvalue weighted by Crippen LogP contribution is -2.36. The Kier molecular flexibility index (Phi) is 7.54. The summed E-state index contributed by atoms with van der Waals surface area (Å²) in [5.74, 6) is 0. The molecule has 10 heteroatoms. The lowest BCUT2D eigenvalue weighted by molar-refractivity contribution is -0.386. The SMILES string of the molecule is Nc1cccn(C2CCC3(CCCO3)CC2)c1=O.O=c1c([N+](=O)[O-])cccn1C1=CC[C@]2(CCCO2)CC1. The van der Waals surface area contributed by atoms with Crippen LogP contribution in [-0.2, 0) is 9.47 Å². The van der Waals surface area contributed by atoms with Gasteiger partial charge in [0.2, 0.25) is 0 Å². The lowest BCUT2D eigenvalue weighted by atomic mass is 9.80. The number of nitrogens with two attached hydrogens (primary N) is 1. The van der Waals surface area contributed by atoms with Crippen molar-refractivity contribution in [2.45, 2.75) is 87.9 Å². The van der Waals surface area contributed by atoms with Crippen LogP contribution in [0.2, 0.25) is 0 Å². The predicted molar refractivity (Wildman–Crippen MR) is 144 cm³/mol. The number of rotatable bonds is 3. The number of allylic oxidation sites excluding steroid dienone is 1. The van der Waals surface area contributed by atoms with Crippen LogP contribution in [0.5, 0.6) is 0 Å². The Morgan fingerprint density at radius 1 is 0.921 bits per heavy atom. The third-order valence-corrected chi connectivity index (χ3v) is 8.61. The van der Waals surface area contributed by atoms with Crippen molar-refractivity contribution in [2.24, 2.45) is 0 Å². The quantitative estimate of drug-likeness (QED) is 0.464. The van der Waals surface area contributed by atoms with E-state index in [2.05, 4.69) is 0 Å². The van der Waals surface area contributed by atoms with Gasteiger partial charge in [0.05, 0.1) is 21.8 Å². The normalized spacial score (nSPS) is 28.6. The van der Waals surface area contributed by atoms with Gasteiger partial charge in [-0.1, -0.05) is 6.08 Å². The Balaban J connectivity index is 0.000000156. The second-order valence-corrected chi connectivity index (χ2v) is 10.9. The van der Waals surface area contributed by atoms with Crippen molar-refractivity contribution in [1.29, 1.82) is 0 Å². The third-order valence-electron chi connectivity index (χ3n) is 8.61. The molecule has 0 unspecified atom stereocenters. The van der Waals surface area contributed by atoms with Crippen molar-refractivity contribution in [3.63, 3.8) is 0 Å². The van der Waals surface area contributed by atoms with E-state index >= 15 is 0 Å². The van der Waals surface area contributed by atoms with E-state index in [1.807, 2.05) is 18.3 Å². The molecule has 2 aromatic rings. The zero-order chi connectivity index (χ0) is 26.8. The summed E-state index contributed by atoms with van der Waals surface area (Å²) in [6.07, 6.45) is 16.5. The molecule has 38 heavy (non-hydrogen) atoms. The summed E-state index contributed by atoms with van der Waals surface area (Å²) in [6.45, 7) is 1.71. The summed E-state index contributed by atoms with van der Waals surface area (Å²) in [5, 5.41) is 10.8. The summed E-state index contributed by atoms with van der Waals surface area (Å²) in [6, 6.07) is 6.59. The molecular weight excluding hydrogens is 488 g/mol. The highest BCUT2D eigenvalue weighted by Crippen LogP contribution is 2.42. The first-order chi connectivity index (χ1) is 18.3. The molecule has 2 spiro atoms. The van der Waals surface area contributed by atoms with Crippen molar-refractivity contribution in [3.8, 4) is 0 Å². The van der Waals surface area contributed by atoms with E-state index in [1.54, 1.807) is 16.8 Å². The second kappa shape index (κ2) is 10.9. The van der Waals surface area contributed by atoms with E-state index in [1.165, 1.54) is 29.5 Å². The summed E-state index contributed by atoms with van der Waals surface area (Å²) in [5.41, 5.74) is 5.93. The maximum absolute atomic E-state index is 12.1. The highest BCUT2D eigenvalue weighted by molar-refractivity contribution is 5.49. The summed E-state index contributed by atoms with van der Waals surface area (Å²) >= 11 is 0. The zero-order valence-corrected chi connectivity index (χ0v) is 21.7. The summed E-state index contributed by atoms with van der Waals surface area (Å²) < 4.78 is 14.9. The van der Waals surface area contributed by atoms with Crippen LogP contribution in [-0.4, -0.2) is 38.5 Å². The first-order valence-corrected chi connectivity index (χ1v) is 13.6. The molecule has 2 aromatic heterocycles. The fraction of sp³-hybridized carbons (Fsp3) is 0.571. The Morgan fingerprint density at radius 3 is 2.21 bits per heavy atom. The van der Waals surface area contributed by atoms with Gasteiger partial charge in [0.25, 0.3) is 5.56 Å². The van der Waals surface area contributed by atoms with Gasteiger partial charge in [-0.2, -0.15) is 0 Å². The van der Waals surface area contributed by atoms with Gasteiger partial charge in [-0.25, -0.2) is 0 Å². The van der Waals surface area contributed by atoms with Crippen LogP contribution >= 0.6 is 0 Å². The van der Waals surface area contributed by atoms with Crippen molar-refractivity contribution >= 4 is 17.1 Å². The molecule has 0 radical (unpaired) electrons. The largest absolute Gasteiger partial charge is 0.394 e. The predicted octanol–water partition coefficient (Wildman–Crippen LogP) is 4.43. The topological polar surface area (TPSA) is 132 Å². The van der Waals surface area contributed by atoms with Crippen LogP contribution in [0.1, 0.15) is 76.7 Å². The van der Waals surface area contributed by atoms with Crippen molar-refractivity contribution < 1.29 is 14.4 Å². The molecule has 0 bridgehead atoms. The Labute approximate surface area is 221 Å². The van der Waals surface area contributed by atoms with Gasteiger partial charge in [0.1, 0.15) is 0 Å². The minimum absolute atomic E-state index is 0.0502. The molecule has 0 aromatic carbocycles. The van der Waals surface area contributed by atoms with Crippen molar-refractivity contribution in [2.75, 3.05) is 18.9 Å². The molecule has 0 amide bonds. The molecule has 3 fully saturated rings. The standard InChI is InChI=1S/C14H16N2O4.C14H20N2O2/c17-13-12(16(18)19)3-1-9-15(13)11-4-7-14(8-5-11)6-2-10-20-14;15-12-3-1-9-16(13(12)17)11-4-7-14(8-5-11)6-2-10-18-14/h1,3-4,9H,2,5-8,10H2;1,3,9,11H,2,4-8,10,15H2/t14-;/m1./s1. The molecule has 2 aliphatic carbocycles. The van der Waals surface area contributed by atoms with E-state index < -0.39 is 10.5 Å². The van der Waals surface area contributed by atoms with Crippen molar-refractivity contribution in [3.05, 3.63) is 73.6 Å². The van der Waals surface area contributed by atoms with Crippen molar-refractivity contribution in [1.82, 2.24) is 9.13 Å². The van der Waals surface area contributed by atoms with Gasteiger partial charge < -0.3 is 19.8 Å². The molecule has 1 atom stereocenters. The smallest absolute Gasteiger partial charge is 0.334 e. The maximum Gasteiger partial charge on any atom is 0.334 e. The number of aromatic nitrogens is 2. The van der Waals surface area contributed by atoms with E-state index in [0.29, 0.717) is 12.1 Å². The van der Waals surface area contributed by atoms with Gasteiger partial charge in [0, 0.05) is 43.4 Å².